The van der Waals surface area contributed by atoms with Gasteiger partial charge in [-0.25, -0.2) is 0 Å². The first-order valence-electron chi connectivity index (χ1n) is 8.43. The molecule has 0 bridgehead atoms. The van der Waals surface area contributed by atoms with E-state index in [9.17, 15) is 13.2 Å². The van der Waals surface area contributed by atoms with E-state index in [0.29, 0.717) is 12.0 Å². The summed E-state index contributed by atoms with van der Waals surface area (Å²) in [7, 11) is 0. The molecule has 2 nitrogen and oxygen atoms in total. The van der Waals surface area contributed by atoms with Gasteiger partial charge in [-0.05, 0) is 43.4 Å². The molecule has 1 heterocycles. The highest BCUT2D eigenvalue weighted by molar-refractivity contribution is 4.93. The van der Waals surface area contributed by atoms with Crippen LogP contribution in [0.2, 0.25) is 0 Å². The van der Waals surface area contributed by atoms with Gasteiger partial charge >= 0.3 is 6.18 Å². The van der Waals surface area contributed by atoms with Crippen LogP contribution in [0.25, 0.3) is 0 Å². The SMILES string of the molecule is CC1CC(N2CC(CC3CC3)CC(NCC(F)(F)F)C2)C1. The zero-order valence-corrected chi connectivity index (χ0v) is 12.8. The van der Waals surface area contributed by atoms with Crippen LogP contribution in [0.4, 0.5) is 13.2 Å². The summed E-state index contributed by atoms with van der Waals surface area (Å²) in [6.07, 6.45) is 3.16. The smallest absolute Gasteiger partial charge is 0.305 e. The normalized spacial score (nSPS) is 38.3. The second-order valence-corrected chi connectivity index (χ2v) is 7.66. The highest BCUT2D eigenvalue weighted by Crippen LogP contribution is 2.40. The highest BCUT2D eigenvalue weighted by Gasteiger charge is 2.39. The van der Waals surface area contributed by atoms with Crippen LogP contribution in [0, 0.1) is 17.8 Å². The van der Waals surface area contributed by atoms with Crippen LogP contribution in [-0.4, -0.2) is 42.8 Å². The van der Waals surface area contributed by atoms with Crippen molar-refractivity contribution in [3.05, 3.63) is 0 Å². The molecule has 2 atom stereocenters. The molecule has 1 aliphatic heterocycles. The molecule has 1 N–H and O–H groups in total. The molecule has 2 saturated carbocycles. The van der Waals surface area contributed by atoms with E-state index in [1.165, 1.54) is 32.1 Å². The van der Waals surface area contributed by atoms with Crippen LogP contribution in [0.3, 0.4) is 0 Å². The summed E-state index contributed by atoms with van der Waals surface area (Å²) in [5, 5.41) is 2.76. The van der Waals surface area contributed by atoms with Gasteiger partial charge in [-0.3, -0.25) is 4.90 Å². The lowest BCUT2D eigenvalue weighted by Gasteiger charge is -2.48. The Morgan fingerprint density at radius 1 is 1.05 bits per heavy atom. The van der Waals surface area contributed by atoms with E-state index in [-0.39, 0.29) is 6.04 Å². The zero-order chi connectivity index (χ0) is 15.0. The number of alkyl halides is 3. The predicted molar refractivity (Wildman–Crippen MR) is 77.1 cm³/mol. The van der Waals surface area contributed by atoms with Gasteiger partial charge in [0.1, 0.15) is 0 Å². The van der Waals surface area contributed by atoms with Gasteiger partial charge in [0.2, 0.25) is 0 Å². The summed E-state index contributed by atoms with van der Waals surface area (Å²) < 4.78 is 37.3. The van der Waals surface area contributed by atoms with Crippen molar-refractivity contribution >= 4 is 0 Å². The first-order valence-corrected chi connectivity index (χ1v) is 8.43. The first-order chi connectivity index (χ1) is 9.89. The van der Waals surface area contributed by atoms with Crippen LogP contribution >= 0.6 is 0 Å². The minimum absolute atomic E-state index is 0.0139. The molecule has 0 aromatic carbocycles. The Kier molecular flexibility index (Phi) is 4.51. The fourth-order valence-electron chi connectivity index (χ4n) is 4.10. The topological polar surface area (TPSA) is 15.3 Å². The Bertz CT molecular complexity index is 348. The fourth-order valence-corrected chi connectivity index (χ4v) is 4.10. The molecule has 2 aliphatic carbocycles. The van der Waals surface area contributed by atoms with Gasteiger partial charge in [0.05, 0.1) is 6.54 Å². The Hall–Kier alpha value is -0.290. The Morgan fingerprint density at radius 2 is 1.76 bits per heavy atom. The average Bonchev–Trinajstić information content (AvgIpc) is 3.15. The Balaban J connectivity index is 1.54. The third-order valence-corrected chi connectivity index (χ3v) is 5.39. The van der Waals surface area contributed by atoms with Crippen molar-refractivity contribution in [1.82, 2.24) is 10.2 Å². The van der Waals surface area contributed by atoms with Gasteiger partial charge in [0.25, 0.3) is 0 Å². The molecule has 2 unspecified atom stereocenters. The molecular weight excluding hydrogens is 277 g/mol. The molecule has 0 radical (unpaired) electrons. The van der Waals surface area contributed by atoms with Crippen LogP contribution < -0.4 is 5.32 Å². The van der Waals surface area contributed by atoms with E-state index in [4.69, 9.17) is 0 Å². The van der Waals surface area contributed by atoms with Crippen molar-refractivity contribution in [3.63, 3.8) is 0 Å². The van der Waals surface area contributed by atoms with Crippen LogP contribution in [0.1, 0.15) is 45.4 Å². The second kappa shape index (κ2) is 6.07. The molecule has 0 amide bonds. The monoisotopic (exact) mass is 304 g/mol. The van der Waals surface area contributed by atoms with E-state index in [1.807, 2.05) is 0 Å². The van der Waals surface area contributed by atoms with Gasteiger partial charge in [0, 0.05) is 25.2 Å². The van der Waals surface area contributed by atoms with E-state index in [1.54, 1.807) is 0 Å². The zero-order valence-electron chi connectivity index (χ0n) is 12.8. The van der Waals surface area contributed by atoms with Gasteiger partial charge < -0.3 is 5.32 Å². The van der Waals surface area contributed by atoms with Crippen molar-refractivity contribution in [3.8, 4) is 0 Å². The van der Waals surface area contributed by atoms with Crippen LogP contribution in [0.15, 0.2) is 0 Å². The van der Waals surface area contributed by atoms with E-state index < -0.39 is 12.7 Å². The standard InChI is InChI=1S/C16H27F3N2/c1-11-4-15(5-11)21-8-13(6-12-2-3-12)7-14(9-21)20-10-16(17,18)19/h11-15,20H,2-10H2,1H3. The maximum atomic E-state index is 12.4. The van der Waals surface area contributed by atoms with E-state index in [0.717, 1.165) is 31.3 Å². The fraction of sp³-hybridized carbons (Fsp3) is 1.00. The Labute approximate surface area is 125 Å². The number of nitrogens with one attached hydrogen (secondary N) is 1. The third-order valence-electron chi connectivity index (χ3n) is 5.39. The molecule has 5 heteroatoms. The van der Waals surface area contributed by atoms with E-state index in [2.05, 4.69) is 17.1 Å². The highest BCUT2D eigenvalue weighted by atomic mass is 19.4. The van der Waals surface area contributed by atoms with Crippen molar-refractivity contribution in [2.75, 3.05) is 19.6 Å². The summed E-state index contributed by atoms with van der Waals surface area (Å²) in [5.74, 6) is 2.24. The van der Waals surface area contributed by atoms with Gasteiger partial charge in [-0.15, -0.1) is 0 Å². The molecule has 3 fully saturated rings. The number of hydrogen-bond donors (Lipinski definition) is 1. The summed E-state index contributed by atoms with van der Waals surface area (Å²) in [6.45, 7) is 3.33. The van der Waals surface area contributed by atoms with Gasteiger partial charge in [-0.2, -0.15) is 13.2 Å². The third kappa shape index (κ3) is 4.59. The van der Waals surface area contributed by atoms with Crippen molar-refractivity contribution < 1.29 is 13.2 Å². The molecule has 0 aromatic heterocycles. The largest absolute Gasteiger partial charge is 0.401 e. The maximum Gasteiger partial charge on any atom is 0.401 e. The summed E-state index contributed by atoms with van der Waals surface area (Å²) in [5.41, 5.74) is 0. The van der Waals surface area contributed by atoms with Crippen LogP contribution in [0.5, 0.6) is 0 Å². The van der Waals surface area contributed by atoms with Gasteiger partial charge in [0.15, 0.2) is 0 Å². The molecule has 21 heavy (non-hydrogen) atoms. The predicted octanol–water partition coefficient (Wildman–Crippen LogP) is 3.43. The lowest BCUT2D eigenvalue weighted by Crippen LogP contribution is -2.56. The second-order valence-electron chi connectivity index (χ2n) is 7.66. The van der Waals surface area contributed by atoms with Crippen molar-refractivity contribution in [2.45, 2.75) is 63.7 Å². The Morgan fingerprint density at radius 3 is 2.33 bits per heavy atom. The summed E-state index contributed by atoms with van der Waals surface area (Å²) in [4.78, 5) is 2.48. The van der Waals surface area contributed by atoms with Crippen molar-refractivity contribution in [2.24, 2.45) is 17.8 Å². The number of likely N-dealkylation sites (tertiary alicyclic amines) is 1. The molecule has 0 spiro atoms. The number of nitrogens with zero attached hydrogens (tertiary/aromatic N) is 1. The molecule has 3 rings (SSSR count). The quantitative estimate of drug-likeness (QED) is 0.837. The first kappa shape index (κ1) is 15.6. The summed E-state index contributed by atoms with van der Waals surface area (Å²) in [6, 6.07) is 0.636. The van der Waals surface area contributed by atoms with Crippen molar-refractivity contribution in [1.29, 1.82) is 0 Å². The lowest BCUT2D eigenvalue weighted by molar-refractivity contribution is -0.127. The molecule has 122 valence electrons. The maximum absolute atomic E-state index is 12.4. The molecular formula is C16H27F3N2. The van der Waals surface area contributed by atoms with Crippen LogP contribution in [-0.2, 0) is 0 Å². The number of halogens is 3. The summed E-state index contributed by atoms with van der Waals surface area (Å²) >= 11 is 0. The lowest BCUT2D eigenvalue weighted by atomic mass is 9.78. The number of piperidine rings is 1. The minimum atomic E-state index is -4.10. The molecule has 3 aliphatic rings. The van der Waals surface area contributed by atoms with Gasteiger partial charge in [-0.1, -0.05) is 19.8 Å². The minimum Gasteiger partial charge on any atom is -0.305 e. The average molecular weight is 304 g/mol. The molecule has 0 aromatic rings. The molecule has 1 saturated heterocycles. The van der Waals surface area contributed by atoms with E-state index >= 15 is 0 Å². The number of hydrogen-bond acceptors (Lipinski definition) is 2. The number of rotatable bonds is 5.